The second-order valence-electron chi connectivity index (χ2n) is 5.22. The summed E-state index contributed by atoms with van der Waals surface area (Å²) in [4.78, 5) is 12.2. The van der Waals surface area contributed by atoms with Crippen molar-refractivity contribution in [3.05, 3.63) is 59.2 Å². The average molecular weight is 294 g/mol. The van der Waals surface area contributed by atoms with Crippen molar-refractivity contribution < 1.29 is 14.3 Å². The molecule has 0 saturated heterocycles. The topological polar surface area (TPSA) is 59.9 Å². The van der Waals surface area contributed by atoms with Gasteiger partial charge in [0.2, 0.25) is 6.79 Å². The lowest BCUT2D eigenvalue weighted by Gasteiger charge is -2.03. The molecule has 5 nitrogen and oxygen atoms in total. The zero-order chi connectivity index (χ0) is 14.9. The highest BCUT2D eigenvalue weighted by atomic mass is 16.7. The van der Waals surface area contributed by atoms with Gasteiger partial charge in [-0.25, -0.2) is 5.43 Å². The molecule has 0 saturated carbocycles. The van der Waals surface area contributed by atoms with Crippen LogP contribution in [-0.2, 0) is 6.42 Å². The first-order chi connectivity index (χ1) is 10.8. The van der Waals surface area contributed by atoms with Crippen LogP contribution in [0.15, 0.2) is 47.6 Å². The summed E-state index contributed by atoms with van der Waals surface area (Å²) in [6.07, 6.45) is 1.82. The number of ether oxygens (including phenoxy) is 2. The molecule has 0 radical (unpaired) electrons. The maximum Gasteiger partial charge on any atom is 0.271 e. The van der Waals surface area contributed by atoms with Crippen LogP contribution in [0.25, 0.3) is 0 Å². The molecule has 0 unspecified atom stereocenters. The van der Waals surface area contributed by atoms with E-state index >= 15 is 0 Å². The molecular weight excluding hydrogens is 280 g/mol. The number of fused-ring (bicyclic) bond motifs is 2. The molecule has 4 rings (SSSR count). The maximum absolute atomic E-state index is 12.2. The van der Waals surface area contributed by atoms with Crippen LogP contribution >= 0.6 is 0 Å². The third kappa shape index (κ3) is 2.20. The van der Waals surface area contributed by atoms with Crippen molar-refractivity contribution >= 4 is 11.6 Å². The predicted octanol–water partition coefficient (Wildman–Crippen LogP) is 2.50. The molecule has 2 aliphatic rings. The number of benzene rings is 2. The van der Waals surface area contributed by atoms with E-state index in [0.717, 1.165) is 24.1 Å². The van der Waals surface area contributed by atoms with Crippen LogP contribution in [0.3, 0.4) is 0 Å². The van der Waals surface area contributed by atoms with Gasteiger partial charge in [-0.15, -0.1) is 0 Å². The molecule has 1 aliphatic carbocycles. The molecule has 0 spiro atoms. The van der Waals surface area contributed by atoms with Crippen molar-refractivity contribution in [2.24, 2.45) is 5.10 Å². The van der Waals surface area contributed by atoms with Crippen LogP contribution < -0.4 is 14.9 Å². The predicted molar refractivity (Wildman–Crippen MR) is 81.3 cm³/mol. The number of carbonyl (C=O) groups excluding carboxylic acids is 1. The van der Waals surface area contributed by atoms with E-state index in [1.54, 1.807) is 18.2 Å². The molecule has 0 bridgehead atoms. The molecule has 2 aromatic rings. The Labute approximate surface area is 127 Å². The fourth-order valence-corrected chi connectivity index (χ4v) is 2.74. The van der Waals surface area contributed by atoms with E-state index < -0.39 is 0 Å². The Morgan fingerprint density at radius 2 is 1.91 bits per heavy atom. The fourth-order valence-electron chi connectivity index (χ4n) is 2.74. The van der Waals surface area contributed by atoms with Crippen molar-refractivity contribution in [3.63, 3.8) is 0 Å². The molecule has 2 aromatic carbocycles. The number of hydrogen-bond acceptors (Lipinski definition) is 4. The molecule has 1 aliphatic heterocycles. The third-order valence-corrected chi connectivity index (χ3v) is 3.89. The van der Waals surface area contributed by atoms with E-state index in [0.29, 0.717) is 17.1 Å². The molecule has 0 aromatic heterocycles. The zero-order valence-corrected chi connectivity index (χ0v) is 11.8. The van der Waals surface area contributed by atoms with Gasteiger partial charge in [0.15, 0.2) is 11.5 Å². The lowest BCUT2D eigenvalue weighted by atomic mass is 10.1. The number of hydrogen-bond donors (Lipinski definition) is 1. The Morgan fingerprint density at radius 1 is 1.05 bits per heavy atom. The highest BCUT2D eigenvalue weighted by Crippen LogP contribution is 2.32. The highest BCUT2D eigenvalue weighted by molar-refractivity contribution is 6.05. The van der Waals surface area contributed by atoms with Gasteiger partial charge in [0, 0.05) is 11.1 Å². The molecule has 22 heavy (non-hydrogen) atoms. The van der Waals surface area contributed by atoms with Crippen LogP contribution in [0.1, 0.15) is 27.9 Å². The molecule has 1 heterocycles. The van der Waals surface area contributed by atoms with Gasteiger partial charge in [0.05, 0.1) is 5.71 Å². The zero-order valence-electron chi connectivity index (χ0n) is 11.8. The van der Waals surface area contributed by atoms with E-state index in [1.807, 2.05) is 18.2 Å². The van der Waals surface area contributed by atoms with E-state index in [2.05, 4.69) is 16.6 Å². The Kier molecular flexibility index (Phi) is 3.04. The van der Waals surface area contributed by atoms with Crippen LogP contribution in [0.4, 0.5) is 0 Å². The van der Waals surface area contributed by atoms with Crippen molar-refractivity contribution in [1.29, 1.82) is 0 Å². The SMILES string of the molecule is O=C(NN=C1CCc2ccccc21)c1ccc2c(c1)OCO2. The van der Waals surface area contributed by atoms with Crippen LogP contribution in [0.2, 0.25) is 0 Å². The molecule has 5 heteroatoms. The lowest BCUT2D eigenvalue weighted by molar-refractivity contribution is 0.0954. The van der Waals surface area contributed by atoms with Gasteiger partial charge in [-0.3, -0.25) is 4.79 Å². The average Bonchev–Trinajstić information content (AvgIpc) is 3.18. The summed E-state index contributed by atoms with van der Waals surface area (Å²) < 4.78 is 10.5. The quantitative estimate of drug-likeness (QED) is 0.866. The Hall–Kier alpha value is -2.82. The summed E-state index contributed by atoms with van der Waals surface area (Å²) in [6.45, 7) is 0.194. The van der Waals surface area contributed by atoms with Gasteiger partial charge in [0.25, 0.3) is 5.91 Å². The van der Waals surface area contributed by atoms with Crippen molar-refractivity contribution in [1.82, 2.24) is 5.43 Å². The van der Waals surface area contributed by atoms with Crippen molar-refractivity contribution in [3.8, 4) is 11.5 Å². The third-order valence-electron chi connectivity index (χ3n) is 3.89. The second-order valence-corrected chi connectivity index (χ2v) is 5.22. The first-order valence-corrected chi connectivity index (χ1v) is 7.16. The highest BCUT2D eigenvalue weighted by Gasteiger charge is 2.18. The molecule has 0 atom stereocenters. The summed E-state index contributed by atoms with van der Waals surface area (Å²) >= 11 is 0. The Bertz CT molecular complexity index is 783. The van der Waals surface area contributed by atoms with Gasteiger partial charge in [0.1, 0.15) is 0 Å². The van der Waals surface area contributed by atoms with Gasteiger partial charge < -0.3 is 9.47 Å². The number of carbonyl (C=O) groups is 1. The molecule has 110 valence electrons. The smallest absolute Gasteiger partial charge is 0.271 e. The van der Waals surface area contributed by atoms with Gasteiger partial charge in [-0.05, 0) is 36.6 Å². The summed E-state index contributed by atoms with van der Waals surface area (Å²) in [6, 6.07) is 13.2. The summed E-state index contributed by atoms with van der Waals surface area (Å²) in [5.41, 5.74) is 6.44. The van der Waals surface area contributed by atoms with Crippen molar-refractivity contribution in [2.75, 3.05) is 6.79 Å². The summed E-state index contributed by atoms with van der Waals surface area (Å²) in [5.74, 6) is 0.995. The summed E-state index contributed by atoms with van der Waals surface area (Å²) in [5, 5.41) is 4.28. The molecule has 1 N–H and O–H groups in total. The Balaban J connectivity index is 1.52. The van der Waals surface area contributed by atoms with Gasteiger partial charge in [-0.1, -0.05) is 24.3 Å². The minimum atomic E-state index is -0.254. The minimum absolute atomic E-state index is 0.194. The van der Waals surface area contributed by atoms with Crippen LogP contribution in [0.5, 0.6) is 11.5 Å². The minimum Gasteiger partial charge on any atom is -0.454 e. The first kappa shape index (κ1) is 12.9. The number of amides is 1. The lowest BCUT2D eigenvalue weighted by Crippen LogP contribution is -2.19. The Morgan fingerprint density at radius 3 is 2.86 bits per heavy atom. The molecule has 0 fully saturated rings. The van der Waals surface area contributed by atoms with Crippen molar-refractivity contribution in [2.45, 2.75) is 12.8 Å². The molecule has 1 amide bonds. The molecular formula is C17H14N2O3. The normalized spacial score (nSPS) is 16.6. The monoisotopic (exact) mass is 294 g/mol. The fraction of sp³-hybridized carbons (Fsp3) is 0.176. The number of rotatable bonds is 2. The van der Waals surface area contributed by atoms with Crippen LogP contribution in [0, 0.1) is 0 Å². The van der Waals surface area contributed by atoms with E-state index in [1.165, 1.54) is 5.56 Å². The number of nitrogens with one attached hydrogen (secondary N) is 1. The standard InChI is InChI=1S/C17H14N2O3/c20-17(12-6-8-15-16(9-12)22-10-21-15)19-18-14-7-5-11-3-1-2-4-13(11)14/h1-4,6,8-9H,5,7,10H2,(H,19,20). The largest absolute Gasteiger partial charge is 0.454 e. The number of hydrazone groups is 1. The second kappa shape index (κ2) is 5.18. The van der Waals surface area contributed by atoms with E-state index in [-0.39, 0.29) is 12.7 Å². The van der Waals surface area contributed by atoms with Gasteiger partial charge >= 0.3 is 0 Å². The summed E-state index contributed by atoms with van der Waals surface area (Å²) in [7, 11) is 0. The van der Waals surface area contributed by atoms with E-state index in [4.69, 9.17) is 9.47 Å². The first-order valence-electron chi connectivity index (χ1n) is 7.16. The van der Waals surface area contributed by atoms with E-state index in [9.17, 15) is 4.79 Å². The van der Waals surface area contributed by atoms with Crippen LogP contribution in [-0.4, -0.2) is 18.4 Å². The maximum atomic E-state index is 12.2. The number of aryl methyl sites for hydroxylation is 1. The number of nitrogens with zero attached hydrogens (tertiary/aromatic N) is 1. The van der Waals surface area contributed by atoms with Gasteiger partial charge in [-0.2, -0.15) is 5.10 Å².